The molecular weight excluding hydrogens is 324 g/mol. The highest BCUT2D eigenvalue weighted by Gasteiger charge is 2.26. The van der Waals surface area contributed by atoms with Crippen molar-refractivity contribution < 1.29 is 0 Å². The van der Waals surface area contributed by atoms with Crippen LogP contribution in [0.25, 0.3) is 0 Å². The van der Waals surface area contributed by atoms with Gasteiger partial charge in [-0.2, -0.15) is 0 Å². The molecule has 0 aromatic heterocycles. The van der Waals surface area contributed by atoms with E-state index in [1.807, 2.05) is 0 Å². The van der Waals surface area contributed by atoms with Crippen LogP contribution in [0.15, 0.2) is 6.07 Å². The van der Waals surface area contributed by atoms with Gasteiger partial charge in [-0.3, -0.25) is 0 Å². The summed E-state index contributed by atoms with van der Waals surface area (Å²) in [6, 6.07) is 2.48. The maximum atomic E-state index is 2.48. The van der Waals surface area contributed by atoms with Gasteiger partial charge in [-0.05, 0) is 105 Å². The summed E-state index contributed by atoms with van der Waals surface area (Å²) in [4.78, 5) is 0. The number of hydrogen-bond acceptors (Lipinski definition) is 0. The molecule has 0 N–H and O–H groups in total. The van der Waals surface area contributed by atoms with E-state index in [0.29, 0.717) is 0 Å². The van der Waals surface area contributed by atoms with Gasteiger partial charge in [0.1, 0.15) is 0 Å². The van der Waals surface area contributed by atoms with Gasteiger partial charge in [-0.1, -0.05) is 66.4 Å². The molecule has 1 aromatic rings. The van der Waals surface area contributed by atoms with Crippen LogP contribution >= 0.6 is 0 Å². The van der Waals surface area contributed by atoms with E-state index in [2.05, 4.69) is 40.7 Å². The Morgan fingerprint density at radius 3 is 1.70 bits per heavy atom. The van der Waals surface area contributed by atoms with Crippen molar-refractivity contribution in [2.24, 2.45) is 23.7 Å². The van der Waals surface area contributed by atoms with Crippen LogP contribution in [0, 0.1) is 51.4 Å². The van der Waals surface area contributed by atoms with E-state index in [9.17, 15) is 0 Å². The standard InChI is InChI=1S/C25H40.2CH4/c1-17-6-8-22(9-7-17)15-23-10-12-24(13-11-23)16-25-14-18(2)19(3)20(4)21(25)5;;/h14,17,22-24H,6-13,15-16H2,1-5H3;2*1H4. The Morgan fingerprint density at radius 1 is 0.667 bits per heavy atom. The van der Waals surface area contributed by atoms with Gasteiger partial charge in [0, 0.05) is 0 Å². The first-order chi connectivity index (χ1) is 11.9. The molecule has 2 saturated carbocycles. The highest BCUT2D eigenvalue weighted by atomic mass is 14.3. The molecule has 0 heterocycles. The minimum Gasteiger partial charge on any atom is -0.0776 e. The lowest BCUT2D eigenvalue weighted by atomic mass is 9.72. The first-order valence-corrected chi connectivity index (χ1v) is 11.0. The summed E-state index contributed by atoms with van der Waals surface area (Å²) in [7, 11) is 0. The van der Waals surface area contributed by atoms with Crippen LogP contribution in [0.1, 0.15) is 107 Å². The van der Waals surface area contributed by atoms with Gasteiger partial charge >= 0.3 is 0 Å². The topological polar surface area (TPSA) is 0 Å². The van der Waals surface area contributed by atoms with E-state index >= 15 is 0 Å². The number of rotatable bonds is 4. The van der Waals surface area contributed by atoms with Gasteiger partial charge in [0.25, 0.3) is 0 Å². The third-order valence-corrected chi connectivity index (χ3v) is 7.87. The van der Waals surface area contributed by atoms with Gasteiger partial charge in [0.2, 0.25) is 0 Å². The molecule has 0 heteroatoms. The minimum atomic E-state index is 0. The summed E-state index contributed by atoms with van der Waals surface area (Å²) in [5, 5.41) is 0. The highest BCUT2D eigenvalue weighted by molar-refractivity contribution is 5.43. The Morgan fingerprint density at radius 2 is 1.15 bits per heavy atom. The maximum Gasteiger partial charge on any atom is -0.0248 e. The lowest BCUT2D eigenvalue weighted by Crippen LogP contribution is -2.21. The number of aryl methyl sites for hydroxylation is 1. The number of benzene rings is 1. The molecule has 1 aromatic carbocycles. The SMILES string of the molecule is C.C.Cc1cc(CC2CCC(CC3CCC(C)CC3)CC2)c(C)c(C)c1C. The molecule has 156 valence electrons. The van der Waals surface area contributed by atoms with Gasteiger partial charge in [-0.15, -0.1) is 0 Å². The Hall–Kier alpha value is -0.780. The van der Waals surface area contributed by atoms with Crippen LogP contribution < -0.4 is 0 Å². The summed E-state index contributed by atoms with van der Waals surface area (Å²) in [5.74, 6) is 4.03. The third kappa shape index (κ3) is 6.10. The second kappa shape index (κ2) is 10.7. The Balaban J connectivity index is 0.00000182. The van der Waals surface area contributed by atoms with E-state index in [4.69, 9.17) is 0 Å². The fourth-order valence-electron chi connectivity index (χ4n) is 5.53. The molecule has 0 atom stereocenters. The second-order valence-corrected chi connectivity index (χ2v) is 9.68. The van der Waals surface area contributed by atoms with Crippen LogP contribution in [0.3, 0.4) is 0 Å². The van der Waals surface area contributed by atoms with Crippen molar-refractivity contribution in [1.82, 2.24) is 0 Å². The van der Waals surface area contributed by atoms with Crippen molar-refractivity contribution in [2.45, 2.75) is 114 Å². The monoisotopic (exact) mass is 372 g/mol. The largest absolute Gasteiger partial charge is 0.0776 e. The van der Waals surface area contributed by atoms with E-state index in [1.165, 1.54) is 74.5 Å². The molecule has 0 bridgehead atoms. The van der Waals surface area contributed by atoms with Crippen LogP contribution in [0.2, 0.25) is 0 Å². The molecule has 0 spiro atoms. The van der Waals surface area contributed by atoms with Crippen LogP contribution in [-0.2, 0) is 6.42 Å². The first-order valence-electron chi connectivity index (χ1n) is 11.0. The van der Waals surface area contributed by atoms with Crippen molar-refractivity contribution in [3.05, 3.63) is 33.9 Å². The maximum absolute atomic E-state index is 2.48. The van der Waals surface area contributed by atoms with E-state index in [-0.39, 0.29) is 14.9 Å². The molecule has 0 aliphatic heterocycles. The molecular formula is C27H48. The lowest BCUT2D eigenvalue weighted by Gasteiger charge is -2.33. The molecule has 2 aliphatic carbocycles. The molecule has 0 nitrogen and oxygen atoms in total. The first kappa shape index (κ1) is 24.3. The van der Waals surface area contributed by atoms with Gasteiger partial charge in [0.15, 0.2) is 0 Å². The van der Waals surface area contributed by atoms with Crippen molar-refractivity contribution in [2.75, 3.05) is 0 Å². The predicted molar refractivity (Wildman–Crippen MR) is 124 cm³/mol. The van der Waals surface area contributed by atoms with Crippen molar-refractivity contribution in [1.29, 1.82) is 0 Å². The van der Waals surface area contributed by atoms with E-state index < -0.39 is 0 Å². The average molecular weight is 373 g/mol. The smallest absolute Gasteiger partial charge is 0.0248 e. The third-order valence-electron chi connectivity index (χ3n) is 7.87. The van der Waals surface area contributed by atoms with E-state index in [1.54, 1.807) is 17.5 Å². The molecule has 0 amide bonds. The molecule has 3 rings (SSSR count). The average Bonchev–Trinajstić information content (AvgIpc) is 2.61. The predicted octanol–water partition coefficient (Wildman–Crippen LogP) is 8.76. The zero-order valence-corrected chi connectivity index (χ0v) is 17.5. The summed E-state index contributed by atoms with van der Waals surface area (Å²) in [6.07, 6.45) is 14.8. The van der Waals surface area contributed by atoms with Gasteiger partial charge in [-0.25, -0.2) is 0 Å². The molecule has 2 aliphatic rings. The van der Waals surface area contributed by atoms with Crippen LogP contribution in [0.4, 0.5) is 0 Å². The highest BCUT2D eigenvalue weighted by Crippen LogP contribution is 2.39. The fraction of sp³-hybridized carbons (Fsp3) is 0.778. The minimum absolute atomic E-state index is 0. The Labute approximate surface area is 171 Å². The summed E-state index contributed by atoms with van der Waals surface area (Å²) < 4.78 is 0. The second-order valence-electron chi connectivity index (χ2n) is 9.68. The molecule has 27 heavy (non-hydrogen) atoms. The lowest BCUT2D eigenvalue weighted by molar-refractivity contribution is 0.195. The van der Waals surface area contributed by atoms with Crippen molar-refractivity contribution in [3.8, 4) is 0 Å². The molecule has 0 unspecified atom stereocenters. The normalized spacial score (nSPS) is 28.2. The van der Waals surface area contributed by atoms with Crippen LogP contribution in [-0.4, -0.2) is 0 Å². The molecule has 0 radical (unpaired) electrons. The van der Waals surface area contributed by atoms with E-state index in [0.717, 1.165) is 23.7 Å². The Kier molecular flexibility index (Phi) is 9.59. The Bertz CT molecular complexity index is 566. The van der Waals surface area contributed by atoms with Crippen LogP contribution in [0.5, 0.6) is 0 Å². The van der Waals surface area contributed by atoms with Gasteiger partial charge < -0.3 is 0 Å². The van der Waals surface area contributed by atoms with Gasteiger partial charge in [0.05, 0.1) is 0 Å². The molecule has 2 fully saturated rings. The zero-order valence-electron chi connectivity index (χ0n) is 17.5. The quantitative estimate of drug-likeness (QED) is 0.495. The summed E-state index contributed by atoms with van der Waals surface area (Å²) in [5.41, 5.74) is 7.69. The summed E-state index contributed by atoms with van der Waals surface area (Å²) in [6.45, 7) is 11.7. The summed E-state index contributed by atoms with van der Waals surface area (Å²) >= 11 is 0. The zero-order chi connectivity index (χ0) is 18.0. The molecule has 0 saturated heterocycles. The van der Waals surface area contributed by atoms with Crippen molar-refractivity contribution >= 4 is 0 Å². The number of hydrogen-bond donors (Lipinski definition) is 0. The fourth-order valence-corrected chi connectivity index (χ4v) is 5.53. The van der Waals surface area contributed by atoms with Crippen molar-refractivity contribution in [3.63, 3.8) is 0 Å².